The molecule has 114 valence electrons. The lowest BCUT2D eigenvalue weighted by Gasteiger charge is -2.07. The predicted octanol–water partition coefficient (Wildman–Crippen LogP) is 4.66. The van der Waals surface area contributed by atoms with E-state index >= 15 is 0 Å². The van der Waals surface area contributed by atoms with Crippen molar-refractivity contribution in [1.29, 1.82) is 0 Å². The zero-order chi connectivity index (χ0) is 15.4. The number of benzene rings is 1. The molecule has 2 rings (SSSR count). The molecule has 2 atom stereocenters. The van der Waals surface area contributed by atoms with Crippen molar-refractivity contribution in [3.8, 4) is 11.4 Å². The molecule has 0 bridgehead atoms. The van der Waals surface area contributed by atoms with Gasteiger partial charge in [0.2, 0.25) is 11.7 Å². The minimum absolute atomic E-state index is 0.216. The second kappa shape index (κ2) is 7.25. The Bertz CT molecular complexity index is 598. The van der Waals surface area contributed by atoms with Gasteiger partial charge in [0.05, 0.1) is 10.0 Å². The van der Waals surface area contributed by atoms with Crippen molar-refractivity contribution in [3.05, 3.63) is 34.1 Å². The molecule has 0 aliphatic carbocycles. The summed E-state index contributed by atoms with van der Waals surface area (Å²) in [4.78, 5) is 4.44. The van der Waals surface area contributed by atoms with Crippen LogP contribution >= 0.6 is 23.2 Å². The highest BCUT2D eigenvalue weighted by molar-refractivity contribution is 6.42. The van der Waals surface area contributed by atoms with E-state index in [-0.39, 0.29) is 12.0 Å². The third-order valence-electron chi connectivity index (χ3n) is 3.34. The molecule has 0 saturated heterocycles. The Kier molecular flexibility index (Phi) is 5.62. The normalized spacial score (nSPS) is 14.1. The average molecular weight is 328 g/mol. The number of aromatic nitrogens is 2. The monoisotopic (exact) mass is 327 g/mol. The summed E-state index contributed by atoms with van der Waals surface area (Å²) in [6.07, 6.45) is 3.02. The Hall–Kier alpha value is -1.10. The number of hydrogen-bond donors (Lipinski definition) is 1. The zero-order valence-corrected chi connectivity index (χ0v) is 13.7. The molecule has 0 fully saturated rings. The van der Waals surface area contributed by atoms with Crippen LogP contribution in [0.25, 0.3) is 11.4 Å². The van der Waals surface area contributed by atoms with Crippen LogP contribution in [0.3, 0.4) is 0 Å². The van der Waals surface area contributed by atoms with Crippen molar-refractivity contribution in [3.63, 3.8) is 0 Å². The predicted molar refractivity (Wildman–Crippen MR) is 85.7 cm³/mol. The molecule has 2 unspecified atom stereocenters. The van der Waals surface area contributed by atoms with Gasteiger partial charge in [0.15, 0.2) is 0 Å². The van der Waals surface area contributed by atoms with Gasteiger partial charge in [0.25, 0.3) is 0 Å². The molecule has 0 saturated carbocycles. The van der Waals surface area contributed by atoms with Crippen LogP contribution in [0.1, 0.15) is 44.9 Å². The Morgan fingerprint density at radius 2 is 1.95 bits per heavy atom. The SMILES string of the molecule is CC(N)CCCC(C)c1nc(-c2ccc(Cl)c(Cl)c2)no1. The van der Waals surface area contributed by atoms with Crippen LogP contribution in [0.5, 0.6) is 0 Å². The Morgan fingerprint density at radius 1 is 1.19 bits per heavy atom. The van der Waals surface area contributed by atoms with Crippen LogP contribution in [-0.2, 0) is 0 Å². The smallest absolute Gasteiger partial charge is 0.229 e. The summed E-state index contributed by atoms with van der Waals surface area (Å²) in [5.41, 5.74) is 6.54. The van der Waals surface area contributed by atoms with Crippen LogP contribution in [0.2, 0.25) is 10.0 Å². The fraction of sp³-hybridized carbons (Fsp3) is 0.467. The van der Waals surface area contributed by atoms with Crippen molar-refractivity contribution >= 4 is 23.2 Å². The van der Waals surface area contributed by atoms with Gasteiger partial charge in [-0.2, -0.15) is 4.98 Å². The number of nitrogens with zero attached hydrogens (tertiary/aromatic N) is 2. The molecule has 0 amide bonds. The molecule has 0 spiro atoms. The summed E-state index contributed by atoms with van der Waals surface area (Å²) in [5, 5.41) is 4.99. The first kappa shape index (κ1) is 16.3. The zero-order valence-electron chi connectivity index (χ0n) is 12.1. The van der Waals surface area contributed by atoms with E-state index in [9.17, 15) is 0 Å². The van der Waals surface area contributed by atoms with Gasteiger partial charge in [0.1, 0.15) is 0 Å². The van der Waals surface area contributed by atoms with Crippen LogP contribution < -0.4 is 5.73 Å². The fourth-order valence-electron chi connectivity index (χ4n) is 2.06. The second-order valence-electron chi connectivity index (χ2n) is 5.39. The molecule has 4 nitrogen and oxygen atoms in total. The highest BCUT2D eigenvalue weighted by Gasteiger charge is 2.15. The molecule has 2 N–H and O–H groups in total. The standard InChI is InChI=1S/C15H19Cl2N3O/c1-9(4-3-5-10(2)18)15-19-14(20-21-15)11-6-7-12(16)13(17)8-11/h6-10H,3-5,18H2,1-2H3. The maximum atomic E-state index is 6.00. The number of hydrogen-bond acceptors (Lipinski definition) is 4. The van der Waals surface area contributed by atoms with Crippen molar-refractivity contribution in [1.82, 2.24) is 10.1 Å². The minimum Gasteiger partial charge on any atom is -0.339 e. The molecule has 1 heterocycles. The molecular formula is C15H19Cl2N3O. The van der Waals surface area contributed by atoms with E-state index in [1.807, 2.05) is 13.0 Å². The van der Waals surface area contributed by atoms with Gasteiger partial charge in [-0.25, -0.2) is 0 Å². The van der Waals surface area contributed by atoms with E-state index in [4.69, 9.17) is 33.5 Å². The summed E-state index contributed by atoms with van der Waals surface area (Å²) >= 11 is 11.9. The summed E-state index contributed by atoms with van der Waals surface area (Å²) in [5.74, 6) is 1.39. The van der Waals surface area contributed by atoms with Crippen molar-refractivity contribution in [2.24, 2.45) is 5.73 Å². The van der Waals surface area contributed by atoms with Gasteiger partial charge >= 0.3 is 0 Å². The highest BCUT2D eigenvalue weighted by Crippen LogP contribution is 2.28. The van der Waals surface area contributed by atoms with Crippen LogP contribution in [0.15, 0.2) is 22.7 Å². The first-order chi connectivity index (χ1) is 9.97. The molecule has 0 aliphatic heterocycles. The first-order valence-corrected chi connectivity index (χ1v) is 7.77. The van der Waals surface area contributed by atoms with Gasteiger partial charge in [-0.05, 0) is 38.0 Å². The number of rotatable bonds is 6. The van der Waals surface area contributed by atoms with Gasteiger partial charge in [-0.15, -0.1) is 0 Å². The average Bonchev–Trinajstić information content (AvgIpc) is 2.91. The van der Waals surface area contributed by atoms with Crippen molar-refractivity contribution in [2.75, 3.05) is 0 Å². The van der Waals surface area contributed by atoms with Gasteiger partial charge < -0.3 is 10.3 Å². The van der Waals surface area contributed by atoms with Crippen molar-refractivity contribution < 1.29 is 4.52 Å². The first-order valence-electron chi connectivity index (χ1n) is 7.02. The fourth-order valence-corrected chi connectivity index (χ4v) is 2.36. The topological polar surface area (TPSA) is 64.9 Å². The molecular weight excluding hydrogens is 309 g/mol. The van der Waals surface area contributed by atoms with Gasteiger partial charge in [0, 0.05) is 17.5 Å². The number of nitrogens with two attached hydrogens (primary N) is 1. The van der Waals surface area contributed by atoms with E-state index in [1.54, 1.807) is 12.1 Å². The van der Waals surface area contributed by atoms with Gasteiger partial charge in [-0.1, -0.05) is 41.7 Å². The van der Waals surface area contributed by atoms with Crippen molar-refractivity contribution in [2.45, 2.75) is 45.1 Å². The van der Waals surface area contributed by atoms with Crippen LogP contribution in [0.4, 0.5) is 0 Å². The lowest BCUT2D eigenvalue weighted by atomic mass is 10.0. The van der Waals surface area contributed by atoms with E-state index in [1.165, 1.54) is 0 Å². The molecule has 0 aliphatic rings. The second-order valence-corrected chi connectivity index (χ2v) is 6.21. The third-order valence-corrected chi connectivity index (χ3v) is 4.08. The maximum absolute atomic E-state index is 6.00. The number of halogens is 2. The van der Waals surface area contributed by atoms with E-state index in [0.717, 1.165) is 24.8 Å². The Morgan fingerprint density at radius 3 is 2.62 bits per heavy atom. The summed E-state index contributed by atoms with van der Waals surface area (Å²) in [7, 11) is 0. The quantitative estimate of drug-likeness (QED) is 0.837. The molecule has 2 aromatic rings. The molecule has 6 heteroatoms. The minimum atomic E-state index is 0.216. The summed E-state index contributed by atoms with van der Waals surface area (Å²) in [6.45, 7) is 4.09. The van der Waals surface area contributed by atoms with Gasteiger partial charge in [-0.3, -0.25) is 0 Å². The highest BCUT2D eigenvalue weighted by atomic mass is 35.5. The largest absolute Gasteiger partial charge is 0.339 e. The molecule has 1 aromatic heterocycles. The van der Waals surface area contributed by atoms with Crippen LogP contribution in [0, 0.1) is 0 Å². The third kappa shape index (κ3) is 4.43. The summed E-state index contributed by atoms with van der Waals surface area (Å²) < 4.78 is 5.34. The molecule has 1 aromatic carbocycles. The molecule has 21 heavy (non-hydrogen) atoms. The lowest BCUT2D eigenvalue weighted by molar-refractivity contribution is 0.350. The Balaban J connectivity index is 2.05. The van der Waals surface area contributed by atoms with Crippen LogP contribution in [-0.4, -0.2) is 16.2 Å². The maximum Gasteiger partial charge on any atom is 0.229 e. The molecule has 0 radical (unpaired) electrons. The van der Waals surface area contributed by atoms with E-state index < -0.39 is 0 Å². The summed E-state index contributed by atoms with van der Waals surface area (Å²) in [6, 6.07) is 5.51. The lowest BCUT2D eigenvalue weighted by Crippen LogP contribution is -2.14. The van der Waals surface area contributed by atoms with E-state index in [0.29, 0.717) is 21.8 Å². The van der Waals surface area contributed by atoms with E-state index in [2.05, 4.69) is 17.1 Å². The Labute approximate surface area is 134 Å².